The number of nitrogens with zero attached hydrogens (tertiary/aromatic N) is 1. The monoisotopic (exact) mass is 255 g/mol. The first kappa shape index (κ1) is 12.2. The second kappa shape index (κ2) is 4.70. The number of rotatable bonds is 0. The van der Waals surface area contributed by atoms with Crippen molar-refractivity contribution in [2.24, 2.45) is 0 Å². The fourth-order valence-electron chi connectivity index (χ4n) is 3.42. The molecular formula is C16H17NO2. The van der Waals surface area contributed by atoms with Crippen LogP contribution in [0.5, 0.6) is 0 Å². The Morgan fingerprint density at radius 2 is 1.79 bits per heavy atom. The van der Waals surface area contributed by atoms with Gasteiger partial charge in [-0.1, -0.05) is 25.3 Å². The van der Waals surface area contributed by atoms with Crippen molar-refractivity contribution >= 4 is 5.97 Å². The zero-order valence-electron chi connectivity index (χ0n) is 10.9. The lowest BCUT2D eigenvalue weighted by Gasteiger charge is -2.31. The lowest BCUT2D eigenvalue weighted by Crippen LogP contribution is -2.28. The minimum Gasteiger partial charge on any atom is -0.450 e. The van der Waals surface area contributed by atoms with Crippen LogP contribution in [0.1, 0.15) is 66.4 Å². The molecule has 0 amide bonds. The summed E-state index contributed by atoms with van der Waals surface area (Å²) < 4.78 is 5.75. The fourth-order valence-corrected chi connectivity index (χ4v) is 3.42. The second-order valence-corrected chi connectivity index (χ2v) is 5.49. The largest absolute Gasteiger partial charge is 0.450 e. The maximum Gasteiger partial charge on any atom is 0.339 e. The molecule has 1 aromatic carbocycles. The van der Waals surface area contributed by atoms with Crippen molar-refractivity contribution in [2.45, 2.75) is 50.5 Å². The van der Waals surface area contributed by atoms with Gasteiger partial charge in [0.05, 0.1) is 17.2 Å². The number of ether oxygens (including phenoxy) is 1. The van der Waals surface area contributed by atoms with E-state index in [0.717, 1.165) is 31.2 Å². The zero-order chi connectivity index (χ0) is 13.3. The molecule has 1 saturated carbocycles. The number of benzene rings is 1. The predicted octanol–water partition coefficient (Wildman–Crippen LogP) is 3.67. The van der Waals surface area contributed by atoms with E-state index >= 15 is 0 Å². The van der Waals surface area contributed by atoms with Gasteiger partial charge in [-0.05, 0) is 37.8 Å². The number of hydrogen-bond donors (Lipinski definition) is 0. The van der Waals surface area contributed by atoms with E-state index in [0.29, 0.717) is 11.1 Å². The van der Waals surface area contributed by atoms with Crippen molar-refractivity contribution in [3.05, 3.63) is 34.9 Å². The average molecular weight is 255 g/mol. The molecule has 3 heteroatoms. The SMILES string of the molecule is N#Cc1cccc2c1C1(CCCCCCC1)OC2=O. The summed E-state index contributed by atoms with van der Waals surface area (Å²) in [5.41, 5.74) is 1.52. The van der Waals surface area contributed by atoms with Crippen molar-refractivity contribution in [3.63, 3.8) is 0 Å². The highest BCUT2D eigenvalue weighted by Crippen LogP contribution is 2.46. The summed E-state index contributed by atoms with van der Waals surface area (Å²) in [5, 5.41) is 9.31. The average Bonchev–Trinajstić information content (AvgIpc) is 2.69. The predicted molar refractivity (Wildman–Crippen MR) is 70.6 cm³/mol. The van der Waals surface area contributed by atoms with Crippen LogP contribution >= 0.6 is 0 Å². The number of hydrogen-bond acceptors (Lipinski definition) is 3. The Labute approximate surface area is 113 Å². The second-order valence-electron chi connectivity index (χ2n) is 5.49. The van der Waals surface area contributed by atoms with Crippen LogP contribution in [-0.4, -0.2) is 5.97 Å². The molecular weight excluding hydrogens is 238 g/mol. The van der Waals surface area contributed by atoms with Gasteiger partial charge in [0.1, 0.15) is 5.60 Å². The number of nitriles is 1. The molecule has 1 fully saturated rings. The third-order valence-electron chi connectivity index (χ3n) is 4.31. The van der Waals surface area contributed by atoms with Crippen molar-refractivity contribution in [1.29, 1.82) is 5.26 Å². The van der Waals surface area contributed by atoms with E-state index < -0.39 is 5.60 Å². The quantitative estimate of drug-likeness (QED) is 0.664. The molecule has 1 aliphatic heterocycles. The van der Waals surface area contributed by atoms with E-state index in [1.165, 1.54) is 19.3 Å². The lowest BCUT2D eigenvalue weighted by atomic mass is 9.79. The minimum atomic E-state index is -0.529. The van der Waals surface area contributed by atoms with E-state index in [1.54, 1.807) is 18.2 Å². The number of carbonyl (C=O) groups is 1. The normalized spacial score (nSPS) is 21.1. The topological polar surface area (TPSA) is 50.1 Å². The van der Waals surface area contributed by atoms with Crippen LogP contribution in [0.4, 0.5) is 0 Å². The third kappa shape index (κ3) is 1.92. The zero-order valence-corrected chi connectivity index (χ0v) is 10.9. The van der Waals surface area contributed by atoms with Gasteiger partial charge in [-0.25, -0.2) is 4.79 Å². The molecule has 0 atom stereocenters. The van der Waals surface area contributed by atoms with Crippen molar-refractivity contribution < 1.29 is 9.53 Å². The molecule has 0 aromatic heterocycles. The first-order valence-corrected chi connectivity index (χ1v) is 7.04. The Hall–Kier alpha value is -1.82. The molecule has 1 spiro atoms. The fraction of sp³-hybridized carbons (Fsp3) is 0.500. The Balaban J connectivity index is 2.11. The summed E-state index contributed by atoms with van der Waals surface area (Å²) in [7, 11) is 0. The van der Waals surface area contributed by atoms with E-state index in [9.17, 15) is 10.1 Å². The van der Waals surface area contributed by atoms with Gasteiger partial charge in [-0.15, -0.1) is 0 Å². The summed E-state index contributed by atoms with van der Waals surface area (Å²) in [4.78, 5) is 12.1. The van der Waals surface area contributed by atoms with Crippen LogP contribution in [0.15, 0.2) is 18.2 Å². The number of esters is 1. The van der Waals surface area contributed by atoms with Gasteiger partial charge in [-0.3, -0.25) is 0 Å². The molecule has 0 unspecified atom stereocenters. The number of carbonyl (C=O) groups excluding carboxylic acids is 1. The molecule has 0 N–H and O–H groups in total. The maximum absolute atomic E-state index is 12.1. The molecule has 0 bridgehead atoms. The smallest absolute Gasteiger partial charge is 0.339 e. The van der Waals surface area contributed by atoms with Crippen LogP contribution < -0.4 is 0 Å². The van der Waals surface area contributed by atoms with E-state index in [-0.39, 0.29) is 5.97 Å². The molecule has 3 rings (SSSR count). The Morgan fingerprint density at radius 3 is 2.47 bits per heavy atom. The van der Waals surface area contributed by atoms with Crippen LogP contribution in [0.3, 0.4) is 0 Å². The van der Waals surface area contributed by atoms with Gasteiger partial charge >= 0.3 is 5.97 Å². The van der Waals surface area contributed by atoms with Crippen LogP contribution in [0.25, 0.3) is 0 Å². The summed E-state index contributed by atoms with van der Waals surface area (Å²) in [6.45, 7) is 0. The molecule has 3 nitrogen and oxygen atoms in total. The van der Waals surface area contributed by atoms with Gasteiger partial charge in [0.15, 0.2) is 0 Å². The van der Waals surface area contributed by atoms with Crippen molar-refractivity contribution in [3.8, 4) is 6.07 Å². The first-order chi connectivity index (χ1) is 9.27. The van der Waals surface area contributed by atoms with Crippen molar-refractivity contribution in [1.82, 2.24) is 0 Å². The van der Waals surface area contributed by atoms with Gasteiger partial charge in [0, 0.05) is 5.56 Å². The molecule has 1 aliphatic carbocycles. The highest BCUT2D eigenvalue weighted by Gasteiger charge is 2.46. The van der Waals surface area contributed by atoms with Gasteiger partial charge in [-0.2, -0.15) is 5.26 Å². The Bertz CT molecular complexity index is 548. The molecule has 0 saturated heterocycles. The van der Waals surface area contributed by atoms with Crippen LogP contribution in [-0.2, 0) is 10.3 Å². The molecule has 98 valence electrons. The first-order valence-electron chi connectivity index (χ1n) is 7.04. The van der Waals surface area contributed by atoms with Gasteiger partial charge in [0.2, 0.25) is 0 Å². The summed E-state index contributed by atoms with van der Waals surface area (Å²) >= 11 is 0. The molecule has 1 aromatic rings. The van der Waals surface area contributed by atoms with E-state index in [4.69, 9.17) is 4.74 Å². The Kier molecular flexibility index (Phi) is 3.02. The van der Waals surface area contributed by atoms with Crippen molar-refractivity contribution in [2.75, 3.05) is 0 Å². The standard InChI is InChI=1S/C16H17NO2/c17-11-12-7-6-8-13-14(12)16(19-15(13)18)9-4-2-1-3-5-10-16/h6-8H,1-5,9-10H2. The third-order valence-corrected chi connectivity index (χ3v) is 4.31. The van der Waals surface area contributed by atoms with E-state index in [1.807, 2.05) is 0 Å². The minimum absolute atomic E-state index is 0.257. The summed E-state index contributed by atoms with van der Waals surface area (Å²) in [5.74, 6) is -0.257. The molecule has 0 radical (unpaired) electrons. The molecule has 19 heavy (non-hydrogen) atoms. The highest BCUT2D eigenvalue weighted by molar-refractivity contribution is 5.95. The van der Waals surface area contributed by atoms with Crippen LogP contribution in [0, 0.1) is 11.3 Å². The number of fused-ring (bicyclic) bond motifs is 2. The van der Waals surface area contributed by atoms with Gasteiger partial charge < -0.3 is 4.74 Å². The Morgan fingerprint density at radius 1 is 1.11 bits per heavy atom. The van der Waals surface area contributed by atoms with Gasteiger partial charge in [0.25, 0.3) is 0 Å². The maximum atomic E-state index is 12.1. The van der Waals surface area contributed by atoms with E-state index in [2.05, 4.69) is 6.07 Å². The highest BCUT2D eigenvalue weighted by atomic mass is 16.6. The summed E-state index contributed by atoms with van der Waals surface area (Å²) in [6.07, 6.45) is 7.46. The molecule has 2 aliphatic rings. The molecule has 1 heterocycles. The summed E-state index contributed by atoms with van der Waals surface area (Å²) in [6, 6.07) is 7.56. The lowest BCUT2D eigenvalue weighted by molar-refractivity contribution is -0.0222. The van der Waals surface area contributed by atoms with Crippen LogP contribution in [0.2, 0.25) is 0 Å².